The summed E-state index contributed by atoms with van der Waals surface area (Å²) in [5.41, 5.74) is -0.502. The topological polar surface area (TPSA) is 79.6 Å². The van der Waals surface area contributed by atoms with E-state index in [2.05, 4.69) is 33.5 Å². The van der Waals surface area contributed by atoms with Crippen LogP contribution in [0.15, 0.2) is 76.9 Å². The fourth-order valence-corrected chi connectivity index (χ4v) is 6.65. The number of nitrogens with one attached hydrogen (secondary N) is 1. The number of aromatic nitrogens is 3. The van der Waals surface area contributed by atoms with Crippen LogP contribution < -0.4 is 5.32 Å². The number of halogens is 3. The molecule has 5 rings (SSSR count). The average Bonchev–Trinajstić information content (AvgIpc) is 3.33. The van der Waals surface area contributed by atoms with Crippen LogP contribution in [-0.2, 0) is 10.0 Å². The Bertz CT molecular complexity index is 1550. The monoisotopic (exact) mass is 575 g/mol. The third-order valence-electron chi connectivity index (χ3n) is 6.73. The first-order valence-corrected chi connectivity index (χ1v) is 14.8. The van der Waals surface area contributed by atoms with Gasteiger partial charge in [-0.25, -0.2) is 18.4 Å². The Hall–Kier alpha value is -3.09. The van der Waals surface area contributed by atoms with Gasteiger partial charge in [0.1, 0.15) is 11.5 Å². The smallest absolute Gasteiger partial charge is 0.367 e. The minimum Gasteiger partial charge on any atom is -0.367 e. The number of anilines is 1. The van der Waals surface area contributed by atoms with Crippen LogP contribution in [0.2, 0.25) is 0 Å². The zero-order chi connectivity index (χ0) is 27.8. The van der Waals surface area contributed by atoms with Crippen molar-refractivity contribution in [2.24, 2.45) is 0 Å². The van der Waals surface area contributed by atoms with Crippen molar-refractivity contribution in [2.45, 2.75) is 53.9 Å². The minimum absolute atomic E-state index is 0.0163. The molecule has 1 aromatic carbocycles. The third kappa shape index (κ3) is 6.23. The van der Waals surface area contributed by atoms with E-state index in [4.69, 9.17) is 0 Å². The first-order chi connectivity index (χ1) is 18.5. The highest BCUT2D eigenvalue weighted by atomic mass is 32.2. The molecule has 0 unspecified atom stereocenters. The predicted molar refractivity (Wildman–Crippen MR) is 146 cm³/mol. The molecule has 1 N–H and O–H groups in total. The molecular formula is C27H28F3N5O2S2. The zero-order valence-corrected chi connectivity index (χ0v) is 23.0. The van der Waals surface area contributed by atoms with Gasteiger partial charge in [-0.1, -0.05) is 26.0 Å². The number of rotatable bonds is 7. The summed E-state index contributed by atoms with van der Waals surface area (Å²) in [6.07, 6.45) is 6.20. The maximum Gasteiger partial charge on any atom is 0.446 e. The molecular weight excluding hydrogens is 547 g/mol. The van der Waals surface area contributed by atoms with Gasteiger partial charge in [0, 0.05) is 48.3 Å². The number of imidazole rings is 1. The van der Waals surface area contributed by atoms with Crippen molar-refractivity contribution in [3.63, 3.8) is 0 Å². The molecule has 4 heterocycles. The first-order valence-electron chi connectivity index (χ1n) is 12.6. The van der Waals surface area contributed by atoms with Crippen LogP contribution >= 0.6 is 11.8 Å². The van der Waals surface area contributed by atoms with Gasteiger partial charge in [0.05, 0.1) is 4.90 Å². The molecule has 1 aliphatic rings. The van der Waals surface area contributed by atoms with E-state index in [0.29, 0.717) is 37.7 Å². The fourth-order valence-electron chi connectivity index (χ4n) is 4.68. The van der Waals surface area contributed by atoms with E-state index in [1.807, 2.05) is 36.7 Å². The molecule has 206 valence electrons. The molecule has 0 spiro atoms. The first kappa shape index (κ1) is 27.5. The van der Waals surface area contributed by atoms with Crippen molar-refractivity contribution < 1.29 is 21.6 Å². The standard InChI is InChI=1S/C27H28F3N5O2S2/c1-18(2)24-16-32-26-10-5-20(17-35(24)26)19-3-7-23(8-4-19)39(36,37)34-13-11-21(12-14-34)33-25-9-6-22(15-31-25)38-27(28,29)30/h3-10,15-18,21H,11-14H2,1-2H3,(H,31,33). The molecule has 3 aromatic heterocycles. The normalized spacial score (nSPS) is 15.7. The summed E-state index contributed by atoms with van der Waals surface area (Å²) >= 11 is -0.209. The predicted octanol–water partition coefficient (Wildman–Crippen LogP) is 6.40. The summed E-state index contributed by atoms with van der Waals surface area (Å²) in [7, 11) is -3.66. The molecule has 0 radical (unpaired) electrons. The van der Waals surface area contributed by atoms with Crippen LogP contribution in [0.25, 0.3) is 16.8 Å². The van der Waals surface area contributed by atoms with Crippen molar-refractivity contribution in [3.05, 3.63) is 72.8 Å². The lowest BCUT2D eigenvalue weighted by Gasteiger charge is -2.32. The van der Waals surface area contributed by atoms with Gasteiger partial charge in [-0.2, -0.15) is 17.5 Å². The average molecular weight is 576 g/mol. The van der Waals surface area contributed by atoms with Gasteiger partial charge in [-0.15, -0.1) is 0 Å². The maximum absolute atomic E-state index is 13.3. The largest absolute Gasteiger partial charge is 0.446 e. The Morgan fingerprint density at radius 3 is 2.26 bits per heavy atom. The number of sulfonamides is 1. The SMILES string of the molecule is CC(C)c1cnc2ccc(-c3ccc(S(=O)(=O)N4CCC(Nc5ccc(SC(F)(F)F)cn5)CC4)cc3)cn12. The van der Waals surface area contributed by atoms with Gasteiger partial charge in [-0.3, -0.25) is 0 Å². The number of fused-ring (bicyclic) bond motifs is 1. The molecule has 12 heteroatoms. The summed E-state index contributed by atoms with van der Waals surface area (Å²) in [4.78, 5) is 8.77. The summed E-state index contributed by atoms with van der Waals surface area (Å²) in [6, 6.07) is 13.7. The molecule has 1 saturated heterocycles. The summed E-state index contributed by atoms with van der Waals surface area (Å²) in [5.74, 6) is 0.786. The number of piperidine rings is 1. The number of benzene rings is 1. The zero-order valence-electron chi connectivity index (χ0n) is 21.4. The lowest BCUT2D eigenvalue weighted by molar-refractivity contribution is -0.0328. The van der Waals surface area contributed by atoms with Crippen molar-refractivity contribution >= 4 is 33.3 Å². The van der Waals surface area contributed by atoms with E-state index in [0.717, 1.165) is 22.5 Å². The van der Waals surface area contributed by atoms with E-state index < -0.39 is 15.5 Å². The Morgan fingerprint density at radius 1 is 0.949 bits per heavy atom. The molecule has 0 bridgehead atoms. The lowest BCUT2D eigenvalue weighted by Crippen LogP contribution is -2.42. The van der Waals surface area contributed by atoms with Crippen molar-refractivity contribution in [1.29, 1.82) is 0 Å². The number of hydrogen-bond acceptors (Lipinski definition) is 6. The highest BCUT2D eigenvalue weighted by molar-refractivity contribution is 8.00. The summed E-state index contributed by atoms with van der Waals surface area (Å²) in [5, 5.41) is 3.20. The number of nitrogens with zero attached hydrogens (tertiary/aromatic N) is 4. The second-order valence-corrected chi connectivity index (χ2v) is 12.8. The van der Waals surface area contributed by atoms with Gasteiger partial charge in [0.15, 0.2) is 0 Å². The molecule has 0 saturated carbocycles. The van der Waals surface area contributed by atoms with E-state index in [9.17, 15) is 21.6 Å². The second kappa shape index (κ2) is 10.8. The summed E-state index contributed by atoms with van der Waals surface area (Å²) < 4.78 is 67.7. The Kier molecular flexibility index (Phi) is 7.62. The van der Waals surface area contributed by atoms with Crippen molar-refractivity contribution in [2.75, 3.05) is 18.4 Å². The van der Waals surface area contributed by atoms with Crippen LogP contribution in [0.5, 0.6) is 0 Å². The number of hydrogen-bond donors (Lipinski definition) is 1. The molecule has 1 aliphatic heterocycles. The van der Waals surface area contributed by atoms with E-state index >= 15 is 0 Å². The molecule has 0 amide bonds. The van der Waals surface area contributed by atoms with E-state index in [1.165, 1.54) is 22.6 Å². The number of thioether (sulfide) groups is 1. The van der Waals surface area contributed by atoms with Crippen LogP contribution in [0, 0.1) is 0 Å². The van der Waals surface area contributed by atoms with Gasteiger partial charge < -0.3 is 9.72 Å². The highest BCUT2D eigenvalue weighted by Gasteiger charge is 2.31. The van der Waals surface area contributed by atoms with Crippen LogP contribution in [0.3, 0.4) is 0 Å². The molecule has 4 aromatic rings. The number of pyridine rings is 2. The maximum atomic E-state index is 13.3. The van der Waals surface area contributed by atoms with Gasteiger partial charge in [0.2, 0.25) is 10.0 Å². The number of alkyl halides is 3. The fraction of sp³-hybridized carbons (Fsp3) is 0.333. The van der Waals surface area contributed by atoms with Gasteiger partial charge in [0.25, 0.3) is 0 Å². The minimum atomic E-state index is -4.36. The Labute approximate surface area is 229 Å². The van der Waals surface area contributed by atoms with Crippen molar-refractivity contribution in [3.8, 4) is 11.1 Å². The molecule has 0 atom stereocenters. The lowest BCUT2D eigenvalue weighted by atomic mass is 10.1. The highest BCUT2D eigenvalue weighted by Crippen LogP contribution is 2.36. The molecule has 0 aliphatic carbocycles. The van der Waals surface area contributed by atoms with E-state index in [1.54, 1.807) is 12.1 Å². The molecule has 7 nitrogen and oxygen atoms in total. The quantitative estimate of drug-likeness (QED) is 0.257. The van der Waals surface area contributed by atoms with E-state index in [-0.39, 0.29) is 27.6 Å². The summed E-state index contributed by atoms with van der Waals surface area (Å²) in [6.45, 7) is 4.89. The van der Waals surface area contributed by atoms with Gasteiger partial charge in [-0.05, 0) is 78.0 Å². The Balaban J connectivity index is 1.22. The third-order valence-corrected chi connectivity index (χ3v) is 9.35. The second-order valence-electron chi connectivity index (χ2n) is 9.76. The van der Waals surface area contributed by atoms with Gasteiger partial charge >= 0.3 is 5.51 Å². The molecule has 39 heavy (non-hydrogen) atoms. The van der Waals surface area contributed by atoms with Crippen molar-refractivity contribution in [1.82, 2.24) is 18.7 Å². The van der Waals surface area contributed by atoms with Crippen LogP contribution in [0.1, 0.15) is 38.3 Å². The van der Waals surface area contributed by atoms with Crippen LogP contribution in [-0.4, -0.2) is 51.7 Å². The van der Waals surface area contributed by atoms with Crippen LogP contribution in [0.4, 0.5) is 19.0 Å². The molecule has 1 fully saturated rings. The Morgan fingerprint density at radius 2 is 1.64 bits per heavy atom.